The average Bonchev–Trinajstić information content (AvgIpc) is 3.26. The van der Waals surface area contributed by atoms with Crippen molar-refractivity contribution in [2.24, 2.45) is 0 Å². The molecule has 180 valence electrons. The Hall–Kier alpha value is -3.34. The van der Waals surface area contributed by atoms with E-state index >= 15 is 0 Å². The number of aryl methyl sites for hydroxylation is 1. The molecule has 11 heteroatoms. The number of halogens is 1. The van der Waals surface area contributed by atoms with E-state index in [2.05, 4.69) is 4.98 Å². The van der Waals surface area contributed by atoms with Crippen LogP contribution in [0, 0.1) is 6.92 Å². The molecule has 0 atom stereocenters. The lowest BCUT2D eigenvalue weighted by molar-refractivity contribution is -0.116. The number of pyridine rings is 2. The maximum Gasteiger partial charge on any atom is 0.340 e. The molecule has 0 N–H and O–H groups in total. The number of ether oxygens (including phenoxy) is 1. The number of Topliss-reactive ketones (excluding diaryl/α,β-unsaturated/α-hetero) is 1. The van der Waals surface area contributed by atoms with Gasteiger partial charge in [0.1, 0.15) is 15.8 Å². The third kappa shape index (κ3) is 5.19. The van der Waals surface area contributed by atoms with Gasteiger partial charge in [-0.1, -0.05) is 35.4 Å². The Labute approximate surface area is 209 Å². The highest BCUT2D eigenvalue weighted by atomic mass is 35.5. The predicted molar refractivity (Wildman–Crippen MR) is 134 cm³/mol. The first-order valence-corrected chi connectivity index (χ1v) is 13.1. The number of benzene rings is 1. The molecule has 0 bridgehead atoms. The second-order valence-electron chi connectivity index (χ2n) is 7.82. The van der Waals surface area contributed by atoms with Crippen LogP contribution in [0.15, 0.2) is 63.9 Å². The van der Waals surface area contributed by atoms with Crippen molar-refractivity contribution in [3.63, 3.8) is 0 Å². The van der Waals surface area contributed by atoms with E-state index in [-0.39, 0.29) is 27.6 Å². The van der Waals surface area contributed by atoms with Gasteiger partial charge in [0.15, 0.2) is 15.6 Å². The molecule has 0 amide bonds. The number of sulfone groups is 1. The number of carbonyl (C=O) groups excluding carboxylic acids is 2. The van der Waals surface area contributed by atoms with E-state index in [1.54, 1.807) is 24.3 Å². The zero-order valence-electron chi connectivity index (χ0n) is 18.6. The largest absolute Gasteiger partial charge is 0.465 e. The molecule has 0 aliphatic heterocycles. The van der Waals surface area contributed by atoms with Crippen molar-refractivity contribution in [1.82, 2.24) is 9.55 Å². The van der Waals surface area contributed by atoms with Crippen LogP contribution in [0.4, 0.5) is 0 Å². The summed E-state index contributed by atoms with van der Waals surface area (Å²) in [6.07, 6.45) is 2.62. The van der Waals surface area contributed by atoms with Gasteiger partial charge in [0, 0.05) is 29.6 Å². The quantitative estimate of drug-likeness (QED) is 0.334. The lowest BCUT2D eigenvalue weighted by Gasteiger charge is -2.11. The molecule has 0 aliphatic carbocycles. The highest BCUT2D eigenvalue weighted by Gasteiger charge is 2.22. The molecule has 4 aromatic rings. The first kappa shape index (κ1) is 24.8. The van der Waals surface area contributed by atoms with E-state index in [4.69, 9.17) is 16.3 Å². The number of nitrogens with zero attached hydrogens (tertiary/aromatic N) is 2. The number of esters is 1. The van der Waals surface area contributed by atoms with Crippen molar-refractivity contribution in [1.29, 1.82) is 0 Å². The minimum absolute atomic E-state index is 0.0385. The lowest BCUT2D eigenvalue weighted by Crippen LogP contribution is -2.22. The third-order valence-corrected chi connectivity index (χ3v) is 8.73. The molecule has 0 aliphatic rings. The van der Waals surface area contributed by atoms with Crippen LogP contribution in [0.25, 0.3) is 16.6 Å². The van der Waals surface area contributed by atoms with Gasteiger partial charge in [-0.3, -0.25) is 14.2 Å². The molecule has 0 unspecified atom stereocenters. The SMILES string of the molecule is COC(=O)c1cn(-c2ccc(CC(=O)CS(=O)(=O)c3ccc(Cl)s3)cn2)c(=O)c2ccc(C)cc12. The van der Waals surface area contributed by atoms with Crippen molar-refractivity contribution in [3.8, 4) is 5.82 Å². The molecule has 0 fully saturated rings. The van der Waals surface area contributed by atoms with Gasteiger partial charge in [-0.15, -0.1) is 11.3 Å². The Morgan fingerprint density at radius 2 is 1.89 bits per heavy atom. The minimum Gasteiger partial charge on any atom is -0.465 e. The van der Waals surface area contributed by atoms with Gasteiger partial charge in [-0.25, -0.2) is 18.2 Å². The number of hydrogen-bond acceptors (Lipinski definition) is 8. The van der Waals surface area contributed by atoms with Crippen LogP contribution >= 0.6 is 22.9 Å². The highest BCUT2D eigenvalue weighted by Crippen LogP contribution is 2.26. The zero-order valence-corrected chi connectivity index (χ0v) is 21.0. The van der Waals surface area contributed by atoms with Crippen molar-refractivity contribution in [2.45, 2.75) is 17.6 Å². The first-order valence-electron chi connectivity index (χ1n) is 10.3. The van der Waals surface area contributed by atoms with E-state index in [1.807, 2.05) is 6.92 Å². The van der Waals surface area contributed by atoms with Crippen LogP contribution in [-0.4, -0.2) is 42.6 Å². The van der Waals surface area contributed by atoms with Gasteiger partial charge < -0.3 is 4.74 Å². The molecule has 4 rings (SSSR count). The summed E-state index contributed by atoms with van der Waals surface area (Å²) in [4.78, 5) is 42.1. The van der Waals surface area contributed by atoms with E-state index in [9.17, 15) is 22.8 Å². The number of aromatic nitrogens is 2. The standard InChI is InChI=1S/C24H19ClN2O6S2/c1-14-3-5-17-18(9-14)19(24(30)33-2)12-27(23(17)29)21-7-4-15(11-26-21)10-16(28)13-35(31,32)22-8-6-20(25)34-22/h3-9,11-12H,10,13H2,1-2H3. The summed E-state index contributed by atoms with van der Waals surface area (Å²) in [7, 11) is -2.52. The molecule has 3 heterocycles. The Balaban J connectivity index is 1.61. The number of rotatable bonds is 7. The zero-order chi connectivity index (χ0) is 25.3. The predicted octanol–water partition coefficient (Wildman–Crippen LogP) is 3.78. The van der Waals surface area contributed by atoms with Gasteiger partial charge in [0.05, 0.1) is 17.0 Å². The van der Waals surface area contributed by atoms with Crippen LogP contribution in [0.3, 0.4) is 0 Å². The van der Waals surface area contributed by atoms with Gasteiger partial charge in [0.2, 0.25) is 0 Å². The second-order valence-corrected chi connectivity index (χ2v) is 11.7. The summed E-state index contributed by atoms with van der Waals surface area (Å²) in [5.41, 5.74) is 1.21. The molecule has 35 heavy (non-hydrogen) atoms. The molecule has 0 radical (unpaired) electrons. The molecule has 8 nitrogen and oxygen atoms in total. The van der Waals surface area contributed by atoms with Gasteiger partial charge in [-0.2, -0.15) is 0 Å². The minimum atomic E-state index is -3.78. The summed E-state index contributed by atoms with van der Waals surface area (Å²) >= 11 is 6.69. The Morgan fingerprint density at radius 1 is 1.11 bits per heavy atom. The lowest BCUT2D eigenvalue weighted by atomic mass is 10.0. The normalized spacial score (nSPS) is 11.5. The molecule has 0 saturated heterocycles. The summed E-state index contributed by atoms with van der Waals surface area (Å²) in [5, 5.41) is 0.812. The monoisotopic (exact) mass is 530 g/mol. The van der Waals surface area contributed by atoms with Crippen molar-refractivity contribution in [3.05, 3.63) is 86.2 Å². The second kappa shape index (κ2) is 9.73. The number of hydrogen-bond donors (Lipinski definition) is 0. The van der Waals surface area contributed by atoms with Crippen LogP contribution in [-0.2, 0) is 25.8 Å². The molecular weight excluding hydrogens is 512 g/mol. The van der Waals surface area contributed by atoms with E-state index < -0.39 is 27.3 Å². The molecule has 1 aromatic carbocycles. The number of fused-ring (bicyclic) bond motifs is 1. The number of thiophene rings is 1. The van der Waals surface area contributed by atoms with Gasteiger partial charge in [-0.05, 0) is 36.8 Å². The highest BCUT2D eigenvalue weighted by molar-refractivity contribution is 7.94. The smallest absolute Gasteiger partial charge is 0.340 e. The van der Waals surface area contributed by atoms with Crippen LogP contribution in [0.5, 0.6) is 0 Å². The fourth-order valence-electron chi connectivity index (χ4n) is 3.59. The maximum atomic E-state index is 13.1. The average molecular weight is 531 g/mol. The van der Waals surface area contributed by atoms with Crippen LogP contribution in [0.1, 0.15) is 21.5 Å². The maximum absolute atomic E-state index is 13.1. The topological polar surface area (TPSA) is 112 Å². The van der Waals surface area contributed by atoms with E-state index in [0.29, 0.717) is 20.7 Å². The summed E-state index contributed by atoms with van der Waals surface area (Å²) in [5.74, 6) is -1.52. The number of methoxy groups -OCH3 is 1. The van der Waals surface area contributed by atoms with E-state index in [1.165, 1.54) is 42.3 Å². The van der Waals surface area contributed by atoms with Crippen LogP contribution in [0.2, 0.25) is 4.34 Å². The third-order valence-electron chi connectivity index (χ3n) is 5.24. The summed E-state index contributed by atoms with van der Waals surface area (Å²) in [6, 6.07) is 11.1. The van der Waals surface area contributed by atoms with E-state index in [0.717, 1.165) is 16.9 Å². The molecule has 3 aromatic heterocycles. The van der Waals surface area contributed by atoms with Gasteiger partial charge in [0.25, 0.3) is 5.56 Å². The number of carbonyl (C=O) groups is 2. The Kier molecular flexibility index (Phi) is 6.88. The molecular formula is C24H19ClN2O6S2. The number of ketones is 1. The fourth-order valence-corrected chi connectivity index (χ4v) is 6.40. The van der Waals surface area contributed by atoms with Crippen LogP contribution < -0.4 is 5.56 Å². The fraction of sp³-hybridized carbons (Fsp3) is 0.167. The molecule has 0 spiro atoms. The Bertz CT molecular complexity index is 1620. The Morgan fingerprint density at radius 3 is 2.51 bits per heavy atom. The first-order chi connectivity index (χ1) is 16.6. The van der Waals surface area contributed by atoms with Crippen molar-refractivity contribution < 1.29 is 22.7 Å². The van der Waals surface area contributed by atoms with Gasteiger partial charge >= 0.3 is 5.97 Å². The summed E-state index contributed by atoms with van der Waals surface area (Å²) < 4.78 is 31.3. The van der Waals surface area contributed by atoms with Crippen molar-refractivity contribution in [2.75, 3.05) is 12.9 Å². The summed E-state index contributed by atoms with van der Waals surface area (Å²) in [6.45, 7) is 1.86. The van der Waals surface area contributed by atoms with Crippen molar-refractivity contribution >= 4 is 55.3 Å². The molecule has 0 saturated carbocycles.